The molecule has 1 fully saturated rings. The molecule has 7 heteroatoms. The van der Waals surface area contributed by atoms with Gasteiger partial charge in [-0.2, -0.15) is 5.10 Å². The maximum atomic E-state index is 13.4. The number of rotatable bonds is 4. The number of benzene rings is 1. The number of carbonyl (C=O) groups is 1. The van der Waals surface area contributed by atoms with E-state index >= 15 is 0 Å². The van der Waals surface area contributed by atoms with Crippen LogP contribution in [0.15, 0.2) is 30.3 Å². The Morgan fingerprint density at radius 2 is 2.11 bits per heavy atom. The van der Waals surface area contributed by atoms with Gasteiger partial charge in [-0.3, -0.25) is 9.89 Å². The molecule has 1 aliphatic heterocycles. The van der Waals surface area contributed by atoms with E-state index in [9.17, 15) is 9.90 Å². The standard InChI is InChI=1S/C21H25N5O2/c1-3-4-15-12-26(10-9-22-15)21(28)17-11-18(14-5-7-16(27)8-6-14)23-20-19(17)13(2)24-25-20/h5-8,11,15,22,27H,3-4,9-10,12H2,1-2H3,(H,23,24,25). The number of hydrogen-bond acceptors (Lipinski definition) is 5. The lowest BCUT2D eigenvalue weighted by Gasteiger charge is -2.34. The minimum atomic E-state index is 0.0135. The minimum absolute atomic E-state index is 0.0135. The number of phenolic OH excluding ortho intramolecular Hbond substituents is 1. The number of phenols is 1. The number of aryl methyl sites for hydroxylation is 1. The van der Waals surface area contributed by atoms with E-state index in [1.54, 1.807) is 24.3 Å². The van der Waals surface area contributed by atoms with Crippen LogP contribution in [0.25, 0.3) is 22.3 Å². The Morgan fingerprint density at radius 1 is 1.32 bits per heavy atom. The van der Waals surface area contributed by atoms with Crippen molar-refractivity contribution >= 4 is 16.9 Å². The van der Waals surface area contributed by atoms with Gasteiger partial charge in [0.05, 0.1) is 22.3 Å². The van der Waals surface area contributed by atoms with Crippen LogP contribution in [0.1, 0.15) is 35.8 Å². The smallest absolute Gasteiger partial charge is 0.254 e. The monoisotopic (exact) mass is 379 g/mol. The predicted octanol–water partition coefficient (Wildman–Crippen LogP) is 2.85. The molecular formula is C21H25N5O2. The van der Waals surface area contributed by atoms with Gasteiger partial charge >= 0.3 is 0 Å². The third-order valence-electron chi connectivity index (χ3n) is 5.28. The summed E-state index contributed by atoms with van der Waals surface area (Å²) in [5.74, 6) is 0.209. The molecule has 28 heavy (non-hydrogen) atoms. The van der Waals surface area contributed by atoms with Crippen molar-refractivity contribution in [3.63, 3.8) is 0 Å². The van der Waals surface area contributed by atoms with Crippen LogP contribution >= 0.6 is 0 Å². The van der Waals surface area contributed by atoms with Crippen LogP contribution in [0.2, 0.25) is 0 Å². The fourth-order valence-corrected chi connectivity index (χ4v) is 3.86. The van der Waals surface area contributed by atoms with E-state index in [0.29, 0.717) is 36.0 Å². The summed E-state index contributed by atoms with van der Waals surface area (Å²) in [5, 5.41) is 21.0. The maximum absolute atomic E-state index is 13.4. The molecule has 7 nitrogen and oxygen atoms in total. The lowest BCUT2D eigenvalue weighted by Crippen LogP contribution is -2.52. The number of pyridine rings is 1. The fraction of sp³-hybridized carbons (Fsp3) is 0.381. The van der Waals surface area contributed by atoms with Gasteiger partial charge in [-0.1, -0.05) is 13.3 Å². The second-order valence-corrected chi connectivity index (χ2v) is 7.33. The zero-order chi connectivity index (χ0) is 19.7. The number of amides is 1. The molecule has 1 aliphatic rings. The number of aromatic nitrogens is 3. The molecule has 3 aromatic rings. The third kappa shape index (κ3) is 3.45. The van der Waals surface area contributed by atoms with Gasteiger partial charge in [0.25, 0.3) is 5.91 Å². The van der Waals surface area contributed by atoms with Crippen molar-refractivity contribution in [2.75, 3.05) is 19.6 Å². The Hall–Kier alpha value is -2.93. The molecule has 1 saturated heterocycles. The van der Waals surface area contributed by atoms with Gasteiger partial charge in [-0.25, -0.2) is 4.98 Å². The molecule has 0 bridgehead atoms. The SMILES string of the molecule is CCCC1CN(C(=O)c2cc(-c3ccc(O)cc3)nc3[nH]nc(C)c23)CCN1. The maximum Gasteiger partial charge on any atom is 0.254 e. The van der Waals surface area contributed by atoms with E-state index in [2.05, 4.69) is 27.4 Å². The Morgan fingerprint density at radius 3 is 2.86 bits per heavy atom. The highest BCUT2D eigenvalue weighted by Gasteiger charge is 2.26. The molecular weight excluding hydrogens is 354 g/mol. The van der Waals surface area contributed by atoms with Crippen molar-refractivity contribution in [2.24, 2.45) is 0 Å². The summed E-state index contributed by atoms with van der Waals surface area (Å²) < 4.78 is 0. The second kappa shape index (κ2) is 7.59. The second-order valence-electron chi connectivity index (χ2n) is 7.33. The van der Waals surface area contributed by atoms with Gasteiger partial charge < -0.3 is 15.3 Å². The van der Waals surface area contributed by atoms with E-state index in [4.69, 9.17) is 0 Å². The van der Waals surface area contributed by atoms with Crippen molar-refractivity contribution in [1.82, 2.24) is 25.4 Å². The van der Waals surface area contributed by atoms with Crippen LogP contribution in [0.3, 0.4) is 0 Å². The first-order valence-corrected chi connectivity index (χ1v) is 9.74. The molecule has 4 rings (SSSR count). The Labute approximate surface area is 163 Å². The molecule has 0 radical (unpaired) electrons. The van der Waals surface area contributed by atoms with Gasteiger partial charge in [0.2, 0.25) is 0 Å². The predicted molar refractivity (Wildman–Crippen MR) is 108 cm³/mol. The highest BCUT2D eigenvalue weighted by atomic mass is 16.3. The van der Waals surface area contributed by atoms with Crippen LogP contribution in [-0.2, 0) is 0 Å². The quantitative estimate of drug-likeness (QED) is 0.648. The van der Waals surface area contributed by atoms with Crippen LogP contribution in [0, 0.1) is 6.92 Å². The van der Waals surface area contributed by atoms with E-state index in [0.717, 1.165) is 36.0 Å². The van der Waals surface area contributed by atoms with Crippen LogP contribution in [0.5, 0.6) is 5.75 Å². The van der Waals surface area contributed by atoms with Crippen molar-refractivity contribution < 1.29 is 9.90 Å². The number of nitrogens with zero attached hydrogens (tertiary/aromatic N) is 3. The van der Waals surface area contributed by atoms with Crippen LogP contribution in [0.4, 0.5) is 0 Å². The van der Waals surface area contributed by atoms with Gasteiger partial charge in [0, 0.05) is 31.2 Å². The molecule has 0 saturated carbocycles. The zero-order valence-corrected chi connectivity index (χ0v) is 16.2. The van der Waals surface area contributed by atoms with Gasteiger partial charge in [-0.15, -0.1) is 0 Å². The Kier molecular flexibility index (Phi) is 5.00. The van der Waals surface area contributed by atoms with E-state index < -0.39 is 0 Å². The summed E-state index contributed by atoms with van der Waals surface area (Å²) in [6.45, 7) is 6.25. The summed E-state index contributed by atoms with van der Waals surface area (Å²) in [7, 11) is 0. The van der Waals surface area contributed by atoms with Crippen molar-refractivity contribution in [3.05, 3.63) is 41.6 Å². The van der Waals surface area contributed by atoms with Crippen LogP contribution in [-0.4, -0.2) is 56.8 Å². The normalized spacial score (nSPS) is 17.2. The highest BCUT2D eigenvalue weighted by molar-refractivity contribution is 6.07. The number of nitrogens with one attached hydrogen (secondary N) is 2. The third-order valence-corrected chi connectivity index (χ3v) is 5.28. The first-order chi connectivity index (χ1) is 13.6. The Bertz CT molecular complexity index is 994. The summed E-state index contributed by atoms with van der Waals surface area (Å²) in [6, 6.07) is 9.00. The largest absolute Gasteiger partial charge is 0.508 e. The lowest BCUT2D eigenvalue weighted by atomic mass is 10.0. The first kappa shape index (κ1) is 18.4. The summed E-state index contributed by atoms with van der Waals surface area (Å²) in [5.41, 5.74) is 3.51. The number of fused-ring (bicyclic) bond motifs is 1. The Balaban J connectivity index is 1.75. The number of H-pyrrole nitrogens is 1. The lowest BCUT2D eigenvalue weighted by molar-refractivity contribution is 0.0701. The average Bonchev–Trinajstić information content (AvgIpc) is 3.09. The molecule has 146 valence electrons. The first-order valence-electron chi connectivity index (χ1n) is 9.74. The molecule has 1 atom stereocenters. The van der Waals surface area contributed by atoms with E-state index in [1.165, 1.54) is 0 Å². The summed E-state index contributed by atoms with van der Waals surface area (Å²) in [6.07, 6.45) is 2.14. The number of piperazine rings is 1. The molecule has 3 N–H and O–H groups in total. The zero-order valence-electron chi connectivity index (χ0n) is 16.2. The summed E-state index contributed by atoms with van der Waals surface area (Å²) >= 11 is 0. The minimum Gasteiger partial charge on any atom is -0.508 e. The molecule has 0 aliphatic carbocycles. The fourth-order valence-electron chi connectivity index (χ4n) is 3.86. The van der Waals surface area contributed by atoms with Gasteiger partial charge in [0.1, 0.15) is 5.75 Å². The number of aromatic amines is 1. The number of aromatic hydroxyl groups is 1. The van der Waals surface area contributed by atoms with Crippen molar-refractivity contribution in [3.8, 4) is 17.0 Å². The molecule has 2 aromatic heterocycles. The highest BCUT2D eigenvalue weighted by Crippen LogP contribution is 2.28. The number of carbonyl (C=O) groups excluding carboxylic acids is 1. The van der Waals surface area contributed by atoms with Gasteiger partial charge in [0.15, 0.2) is 5.65 Å². The van der Waals surface area contributed by atoms with E-state index in [1.807, 2.05) is 17.9 Å². The average molecular weight is 379 g/mol. The van der Waals surface area contributed by atoms with Crippen LogP contribution < -0.4 is 5.32 Å². The molecule has 1 amide bonds. The molecule has 0 spiro atoms. The molecule has 1 unspecified atom stereocenters. The topological polar surface area (TPSA) is 94.1 Å². The molecule has 1 aromatic carbocycles. The van der Waals surface area contributed by atoms with E-state index in [-0.39, 0.29) is 11.7 Å². The molecule has 3 heterocycles. The number of hydrogen-bond donors (Lipinski definition) is 3. The van der Waals surface area contributed by atoms with Crippen molar-refractivity contribution in [2.45, 2.75) is 32.7 Å². The van der Waals surface area contributed by atoms with Gasteiger partial charge in [-0.05, 0) is 43.7 Å². The van der Waals surface area contributed by atoms with Crippen molar-refractivity contribution in [1.29, 1.82) is 0 Å². The summed E-state index contributed by atoms with van der Waals surface area (Å²) in [4.78, 5) is 20.0.